The number of carbonyl (C=O) groups is 2. The van der Waals surface area contributed by atoms with Crippen LogP contribution in [0.15, 0.2) is 54.0 Å². The maximum Gasteiger partial charge on any atom is 0.257 e. The zero-order chi connectivity index (χ0) is 23.2. The van der Waals surface area contributed by atoms with Gasteiger partial charge in [-0.15, -0.1) is 11.3 Å². The molecule has 0 aliphatic carbocycles. The van der Waals surface area contributed by atoms with E-state index in [2.05, 4.69) is 29.3 Å². The van der Waals surface area contributed by atoms with Gasteiger partial charge in [0.25, 0.3) is 5.91 Å². The average Bonchev–Trinajstić information content (AvgIpc) is 3.50. The van der Waals surface area contributed by atoms with E-state index in [1.165, 1.54) is 0 Å². The van der Waals surface area contributed by atoms with Gasteiger partial charge in [0.1, 0.15) is 5.69 Å². The van der Waals surface area contributed by atoms with Crippen LogP contribution >= 0.6 is 11.3 Å². The van der Waals surface area contributed by atoms with Gasteiger partial charge in [0.2, 0.25) is 5.91 Å². The zero-order valence-corrected chi connectivity index (χ0v) is 20.1. The summed E-state index contributed by atoms with van der Waals surface area (Å²) in [6.07, 6.45) is 2.79. The van der Waals surface area contributed by atoms with Crippen molar-refractivity contribution in [2.45, 2.75) is 32.9 Å². The molecule has 0 saturated carbocycles. The van der Waals surface area contributed by atoms with Crippen LogP contribution in [0.3, 0.4) is 0 Å². The van der Waals surface area contributed by atoms with Crippen molar-refractivity contribution in [3.05, 3.63) is 65.2 Å². The molecule has 8 heteroatoms. The monoisotopic (exact) mass is 465 g/mol. The number of amides is 2. The van der Waals surface area contributed by atoms with E-state index in [0.717, 1.165) is 22.6 Å². The Labute approximate surface area is 199 Å². The maximum absolute atomic E-state index is 13.5. The Bertz CT molecular complexity index is 1060. The van der Waals surface area contributed by atoms with E-state index in [0.29, 0.717) is 44.8 Å². The summed E-state index contributed by atoms with van der Waals surface area (Å²) in [5, 5.41) is 9.78. The highest BCUT2D eigenvalue weighted by Gasteiger charge is 2.27. The van der Waals surface area contributed by atoms with Gasteiger partial charge < -0.3 is 10.2 Å². The van der Waals surface area contributed by atoms with Gasteiger partial charge in [0.05, 0.1) is 23.5 Å². The predicted octanol–water partition coefficient (Wildman–Crippen LogP) is 3.33. The fourth-order valence-corrected chi connectivity index (χ4v) is 4.65. The van der Waals surface area contributed by atoms with Gasteiger partial charge in [0.15, 0.2) is 0 Å². The van der Waals surface area contributed by atoms with E-state index in [1.807, 2.05) is 58.4 Å². The molecule has 1 aromatic carbocycles. The van der Waals surface area contributed by atoms with Crippen LogP contribution in [0.1, 0.15) is 36.2 Å². The fourth-order valence-electron chi connectivity index (χ4n) is 3.93. The first-order chi connectivity index (χ1) is 16.0. The molecule has 1 N–H and O–H groups in total. The van der Waals surface area contributed by atoms with Crippen molar-refractivity contribution in [3.63, 3.8) is 0 Å². The molecule has 1 unspecified atom stereocenters. The van der Waals surface area contributed by atoms with E-state index in [9.17, 15) is 9.59 Å². The number of nitrogens with zero attached hydrogens (tertiary/aromatic N) is 4. The number of aromatic nitrogens is 2. The number of nitrogens with one attached hydrogen (secondary N) is 1. The minimum absolute atomic E-state index is 0.00131. The van der Waals surface area contributed by atoms with E-state index in [4.69, 9.17) is 5.10 Å². The molecule has 2 amide bonds. The first-order valence-electron chi connectivity index (χ1n) is 11.5. The Morgan fingerprint density at radius 2 is 1.85 bits per heavy atom. The topological polar surface area (TPSA) is 70.5 Å². The molecule has 0 bridgehead atoms. The summed E-state index contributed by atoms with van der Waals surface area (Å²) < 4.78 is 1.85. The Morgan fingerprint density at radius 1 is 1.09 bits per heavy atom. The molecule has 1 fully saturated rings. The van der Waals surface area contributed by atoms with Gasteiger partial charge >= 0.3 is 0 Å². The number of thiophene rings is 1. The zero-order valence-electron chi connectivity index (χ0n) is 19.2. The first kappa shape index (κ1) is 23.2. The van der Waals surface area contributed by atoms with Crippen molar-refractivity contribution in [2.24, 2.45) is 0 Å². The fraction of sp³-hybridized carbons (Fsp3) is 0.400. The lowest BCUT2D eigenvalue weighted by atomic mass is 10.1. The van der Waals surface area contributed by atoms with Crippen LogP contribution in [-0.2, 0) is 11.3 Å². The Morgan fingerprint density at radius 3 is 2.52 bits per heavy atom. The third-order valence-corrected chi connectivity index (χ3v) is 6.86. The largest absolute Gasteiger partial charge is 0.353 e. The number of piperazine rings is 1. The molecule has 2 aromatic heterocycles. The lowest BCUT2D eigenvalue weighted by Gasteiger charge is -2.34. The molecular weight excluding hydrogens is 434 g/mol. The van der Waals surface area contributed by atoms with Crippen LogP contribution in [-0.4, -0.2) is 70.2 Å². The highest BCUT2D eigenvalue weighted by molar-refractivity contribution is 7.13. The lowest BCUT2D eigenvalue weighted by Crippen LogP contribution is -2.51. The third-order valence-electron chi connectivity index (χ3n) is 5.98. The van der Waals surface area contributed by atoms with Gasteiger partial charge in [-0.25, -0.2) is 0 Å². The summed E-state index contributed by atoms with van der Waals surface area (Å²) in [7, 11) is 0. The number of hydrogen-bond donors (Lipinski definition) is 1. The van der Waals surface area contributed by atoms with E-state index in [-0.39, 0.29) is 17.9 Å². The van der Waals surface area contributed by atoms with Crippen LogP contribution < -0.4 is 5.32 Å². The molecule has 7 nitrogen and oxygen atoms in total. The predicted molar refractivity (Wildman–Crippen MR) is 131 cm³/mol. The van der Waals surface area contributed by atoms with Crippen LogP contribution in [0.5, 0.6) is 0 Å². The summed E-state index contributed by atoms with van der Waals surface area (Å²) in [5.41, 5.74) is 2.51. The standard InChI is InChI=1S/C25H31N5O2S/c1-3-19(2)26-23(31)18-28-11-13-29(14-12-28)25(32)21-17-30(16-20-8-5-4-6-9-20)27-24(21)22-10-7-15-33-22/h4-10,15,17,19H,3,11-14,16,18H2,1-2H3,(H,26,31). The van der Waals surface area contributed by atoms with Gasteiger partial charge in [-0.3, -0.25) is 19.2 Å². The van der Waals surface area contributed by atoms with Crippen molar-refractivity contribution >= 4 is 23.2 Å². The van der Waals surface area contributed by atoms with Crippen LogP contribution in [0.25, 0.3) is 10.6 Å². The third kappa shape index (κ3) is 5.89. The van der Waals surface area contributed by atoms with Gasteiger partial charge in [-0.05, 0) is 30.4 Å². The van der Waals surface area contributed by atoms with Crippen molar-refractivity contribution in [3.8, 4) is 10.6 Å². The van der Waals surface area contributed by atoms with Crippen molar-refractivity contribution < 1.29 is 9.59 Å². The number of carbonyl (C=O) groups excluding carboxylic acids is 2. The van der Waals surface area contributed by atoms with Gasteiger partial charge in [-0.1, -0.05) is 43.3 Å². The first-order valence-corrected chi connectivity index (χ1v) is 12.4. The molecule has 3 heterocycles. The average molecular weight is 466 g/mol. The molecule has 174 valence electrons. The number of benzene rings is 1. The van der Waals surface area contributed by atoms with Crippen LogP contribution in [0.2, 0.25) is 0 Å². The van der Waals surface area contributed by atoms with E-state index in [1.54, 1.807) is 11.3 Å². The van der Waals surface area contributed by atoms with Crippen molar-refractivity contribution in [2.75, 3.05) is 32.7 Å². The summed E-state index contributed by atoms with van der Waals surface area (Å²) in [5.74, 6) is 0.0488. The Kier molecular flexibility index (Phi) is 7.57. The van der Waals surface area contributed by atoms with E-state index < -0.39 is 0 Å². The summed E-state index contributed by atoms with van der Waals surface area (Å²) in [6, 6.07) is 14.3. The minimum atomic E-state index is 0.00131. The lowest BCUT2D eigenvalue weighted by molar-refractivity contribution is -0.123. The second kappa shape index (κ2) is 10.8. The highest BCUT2D eigenvalue weighted by Crippen LogP contribution is 2.28. The molecule has 1 aliphatic rings. The number of rotatable bonds is 8. The van der Waals surface area contributed by atoms with Gasteiger partial charge in [-0.2, -0.15) is 5.10 Å². The minimum Gasteiger partial charge on any atom is -0.353 e. The number of hydrogen-bond acceptors (Lipinski definition) is 5. The SMILES string of the molecule is CCC(C)NC(=O)CN1CCN(C(=O)c2cn(Cc3ccccc3)nc2-c2cccs2)CC1. The molecule has 0 spiro atoms. The molecule has 1 aliphatic heterocycles. The molecule has 33 heavy (non-hydrogen) atoms. The summed E-state index contributed by atoms with van der Waals surface area (Å²) in [6.45, 7) is 7.64. The Balaban J connectivity index is 1.44. The van der Waals surface area contributed by atoms with Crippen LogP contribution in [0.4, 0.5) is 0 Å². The van der Waals surface area contributed by atoms with Gasteiger partial charge in [0, 0.05) is 38.4 Å². The molecule has 1 atom stereocenters. The Hall–Kier alpha value is -2.97. The quantitative estimate of drug-likeness (QED) is 0.554. The molecule has 0 radical (unpaired) electrons. The van der Waals surface area contributed by atoms with Crippen molar-refractivity contribution in [1.29, 1.82) is 0 Å². The second-order valence-electron chi connectivity index (χ2n) is 8.50. The summed E-state index contributed by atoms with van der Waals surface area (Å²) >= 11 is 1.59. The molecule has 4 rings (SSSR count). The van der Waals surface area contributed by atoms with Crippen LogP contribution in [0, 0.1) is 0 Å². The smallest absolute Gasteiger partial charge is 0.257 e. The van der Waals surface area contributed by atoms with Crippen molar-refractivity contribution in [1.82, 2.24) is 24.9 Å². The molecule has 1 saturated heterocycles. The molecule has 3 aromatic rings. The highest BCUT2D eigenvalue weighted by atomic mass is 32.1. The summed E-state index contributed by atoms with van der Waals surface area (Å²) in [4.78, 5) is 30.7. The maximum atomic E-state index is 13.5. The normalized spacial score (nSPS) is 15.4. The van der Waals surface area contributed by atoms with E-state index >= 15 is 0 Å². The molecular formula is C25H31N5O2S. The second-order valence-corrected chi connectivity index (χ2v) is 9.44.